The first-order chi connectivity index (χ1) is 9.20. The second-order valence-corrected chi connectivity index (χ2v) is 4.30. The van der Waals surface area contributed by atoms with E-state index in [2.05, 4.69) is 0 Å². The largest absolute Gasteiger partial charge is 0.431 e. The van der Waals surface area contributed by atoms with Crippen LogP contribution in [0.4, 0.5) is 18.9 Å². The van der Waals surface area contributed by atoms with Crippen LogP contribution in [0.3, 0.4) is 0 Å². The molecule has 0 atom stereocenters. The summed E-state index contributed by atoms with van der Waals surface area (Å²) in [5.41, 5.74) is 1.70. The summed E-state index contributed by atoms with van der Waals surface area (Å²) in [6.07, 6.45) is -4.82. The van der Waals surface area contributed by atoms with E-state index in [-0.39, 0.29) is 22.5 Å². The maximum Gasteiger partial charge on any atom is 0.431 e. The number of hydrogen-bond donors (Lipinski definition) is 2. The highest BCUT2D eigenvalue weighted by Gasteiger charge is 2.33. The molecule has 2 rings (SSSR count). The molecule has 0 fully saturated rings. The third kappa shape index (κ3) is 2.55. The van der Waals surface area contributed by atoms with Gasteiger partial charge in [0.2, 0.25) is 0 Å². The number of nitrogens with two attached hydrogens (primary N) is 1. The lowest BCUT2D eigenvalue weighted by molar-refractivity contribution is -0.141. The first-order valence-electron chi connectivity index (χ1n) is 5.19. The van der Waals surface area contributed by atoms with Gasteiger partial charge in [0.15, 0.2) is 0 Å². The van der Waals surface area contributed by atoms with E-state index in [1.807, 2.05) is 0 Å². The molecule has 1 heterocycles. The van der Waals surface area contributed by atoms with E-state index in [0.717, 1.165) is 0 Å². The fraction of sp³-hybridized carbons (Fsp3) is 0.0909. The summed E-state index contributed by atoms with van der Waals surface area (Å²) in [5.74, 6) is 0. The van der Waals surface area contributed by atoms with Gasteiger partial charge in [-0.2, -0.15) is 13.2 Å². The van der Waals surface area contributed by atoms with Gasteiger partial charge in [-0.15, -0.1) is 0 Å². The Morgan fingerprint density at radius 2 is 1.85 bits per heavy atom. The number of hydrogen-bond acceptors (Lipinski definition) is 3. The Morgan fingerprint density at radius 1 is 1.20 bits per heavy atom. The average molecular weight is 306 g/mol. The number of nitrogens with zero attached hydrogens (tertiary/aromatic N) is 1. The fourth-order valence-electron chi connectivity index (χ4n) is 1.59. The van der Waals surface area contributed by atoms with Crippen LogP contribution < -0.4 is 17.0 Å². The van der Waals surface area contributed by atoms with Crippen LogP contribution in [0.5, 0.6) is 0 Å². The molecule has 2 aromatic rings. The van der Waals surface area contributed by atoms with Gasteiger partial charge in [0.25, 0.3) is 5.56 Å². The monoisotopic (exact) mass is 305 g/mol. The van der Waals surface area contributed by atoms with Crippen LogP contribution in [-0.2, 0) is 6.18 Å². The number of rotatable bonds is 1. The van der Waals surface area contributed by atoms with Crippen molar-refractivity contribution in [2.24, 2.45) is 0 Å². The molecule has 0 bridgehead atoms. The van der Waals surface area contributed by atoms with Gasteiger partial charge in [0, 0.05) is 11.1 Å². The zero-order chi connectivity index (χ0) is 15.1. The molecule has 0 aliphatic heterocycles. The Bertz CT molecular complexity index is 748. The van der Waals surface area contributed by atoms with Gasteiger partial charge < -0.3 is 10.7 Å². The number of nitrogen functional groups attached to an aromatic ring is 1. The van der Waals surface area contributed by atoms with Crippen molar-refractivity contribution in [2.45, 2.75) is 6.18 Å². The Hall–Kier alpha value is -2.22. The predicted octanol–water partition coefficient (Wildman–Crippen LogP) is 1.78. The molecular formula is C11H7ClF3N3O2. The van der Waals surface area contributed by atoms with Crippen molar-refractivity contribution in [3.05, 3.63) is 55.8 Å². The van der Waals surface area contributed by atoms with Crippen LogP contribution in [0.1, 0.15) is 5.69 Å². The molecule has 0 aliphatic rings. The Balaban J connectivity index is 2.75. The molecule has 106 valence electrons. The van der Waals surface area contributed by atoms with Crippen LogP contribution in [0.15, 0.2) is 33.9 Å². The van der Waals surface area contributed by atoms with Crippen molar-refractivity contribution in [3.63, 3.8) is 0 Å². The van der Waals surface area contributed by atoms with Gasteiger partial charge in [0.1, 0.15) is 5.69 Å². The molecule has 1 aromatic carbocycles. The molecule has 0 unspecified atom stereocenters. The van der Waals surface area contributed by atoms with Crippen molar-refractivity contribution < 1.29 is 13.2 Å². The van der Waals surface area contributed by atoms with Crippen molar-refractivity contribution >= 4 is 17.3 Å². The number of halogens is 4. The molecule has 0 amide bonds. The lowest BCUT2D eigenvalue weighted by Gasteiger charge is -2.10. The van der Waals surface area contributed by atoms with Crippen molar-refractivity contribution in [1.29, 1.82) is 0 Å². The molecule has 0 saturated heterocycles. The number of anilines is 1. The third-order valence-corrected chi connectivity index (χ3v) is 2.71. The average Bonchev–Trinajstić information content (AvgIpc) is 2.31. The van der Waals surface area contributed by atoms with Gasteiger partial charge in [0.05, 0.1) is 11.4 Å². The summed E-state index contributed by atoms with van der Waals surface area (Å²) in [6.45, 7) is 0. The second kappa shape index (κ2) is 4.71. The SMILES string of the molecule is Nc1ccc(Cl)cc1-n1c(=O)cc(C(F)(F)F)[nH]c1=O. The molecule has 0 spiro atoms. The molecule has 0 saturated carbocycles. The minimum Gasteiger partial charge on any atom is -0.397 e. The Morgan fingerprint density at radius 3 is 2.40 bits per heavy atom. The second-order valence-electron chi connectivity index (χ2n) is 3.86. The highest BCUT2D eigenvalue weighted by atomic mass is 35.5. The number of aromatic amines is 1. The standard InChI is InChI=1S/C11H7ClF3N3O2/c12-5-1-2-6(16)7(3-5)18-9(19)4-8(11(13,14)15)17-10(18)20/h1-4H,16H2,(H,17,20). The van der Waals surface area contributed by atoms with E-state index in [1.165, 1.54) is 18.2 Å². The van der Waals surface area contributed by atoms with Crippen LogP contribution in [0, 0.1) is 0 Å². The molecule has 0 radical (unpaired) electrons. The molecule has 20 heavy (non-hydrogen) atoms. The summed E-state index contributed by atoms with van der Waals surface area (Å²) < 4.78 is 37.9. The van der Waals surface area contributed by atoms with Gasteiger partial charge in [-0.25, -0.2) is 9.36 Å². The van der Waals surface area contributed by atoms with Crippen LogP contribution in [0.2, 0.25) is 5.02 Å². The van der Waals surface area contributed by atoms with Gasteiger partial charge in [-0.1, -0.05) is 11.6 Å². The number of benzene rings is 1. The highest BCUT2D eigenvalue weighted by Crippen LogP contribution is 2.26. The zero-order valence-corrected chi connectivity index (χ0v) is 10.4. The molecule has 0 aliphatic carbocycles. The van der Waals surface area contributed by atoms with Gasteiger partial charge >= 0.3 is 11.9 Å². The van der Waals surface area contributed by atoms with E-state index >= 15 is 0 Å². The number of aromatic nitrogens is 2. The summed E-state index contributed by atoms with van der Waals surface area (Å²) in [4.78, 5) is 25.0. The summed E-state index contributed by atoms with van der Waals surface area (Å²) in [7, 11) is 0. The highest BCUT2D eigenvalue weighted by molar-refractivity contribution is 6.30. The molecule has 1 aromatic heterocycles. The van der Waals surface area contributed by atoms with E-state index in [1.54, 1.807) is 4.98 Å². The van der Waals surface area contributed by atoms with Crippen molar-refractivity contribution in [1.82, 2.24) is 9.55 Å². The zero-order valence-electron chi connectivity index (χ0n) is 9.66. The fourth-order valence-corrected chi connectivity index (χ4v) is 1.75. The molecule has 3 N–H and O–H groups in total. The van der Waals surface area contributed by atoms with Crippen LogP contribution in [0.25, 0.3) is 5.69 Å². The normalized spacial score (nSPS) is 11.6. The van der Waals surface area contributed by atoms with E-state index in [0.29, 0.717) is 4.57 Å². The molecule has 5 nitrogen and oxygen atoms in total. The number of nitrogens with one attached hydrogen (secondary N) is 1. The molecular weight excluding hydrogens is 299 g/mol. The van der Waals surface area contributed by atoms with E-state index < -0.39 is 23.1 Å². The predicted molar refractivity (Wildman–Crippen MR) is 67.1 cm³/mol. The quantitative estimate of drug-likeness (QED) is 0.788. The van der Waals surface area contributed by atoms with Gasteiger partial charge in [-0.05, 0) is 18.2 Å². The first kappa shape index (κ1) is 14.2. The van der Waals surface area contributed by atoms with Crippen molar-refractivity contribution in [2.75, 3.05) is 5.73 Å². The van der Waals surface area contributed by atoms with E-state index in [9.17, 15) is 22.8 Å². The maximum absolute atomic E-state index is 12.5. The topological polar surface area (TPSA) is 80.9 Å². The molecule has 9 heteroatoms. The summed E-state index contributed by atoms with van der Waals surface area (Å²) >= 11 is 5.71. The lowest BCUT2D eigenvalue weighted by Crippen LogP contribution is -2.36. The summed E-state index contributed by atoms with van der Waals surface area (Å²) in [6, 6.07) is 4.24. The first-order valence-corrected chi connectivity index (χ1v) is 5.57. The van der Waals surface area contributed by atoms with E-state index in [4.69, 9.17) is 17.3 Å². The third-order valence-electron chi connectivity index (χ3n) is 2.47. The Kier molecular flexibility index (Phi) is 3.34. The smallest absolute Gasteiger partial charge is 0.397 e. The van der Waals surface area contributed by atoms with Crippen LogP contribution in [-0.4, -0.2) is 9.55 Å². The lowest BCUT2D eigenvalue weighted by atomic mass is 10.2. The Labute approximate surface area is 114 Å². The van der Waals surface area contributed by atoms with Crippen LogP contribution >= 0.6 is 11.6 Å². The van der Waals surface area contributed by atoms with Gasteiger partial charge in [-0.3, -0.25) is 4.79 Å². The number of H-pyrrole nitrogens is 1. The van der Waals surface area contributed by atoms with Crippen molar-refractivity contribution in [3.8, 4) is 5.69 Å². The minimum absolute atomic E-state index is 0.0294. The maximum atomic E-state index is 12.5. The minimum atomic E-state index is -4.82. The summed E-state index contributed by atoms with van der Waals surface area (Å²) in [5, 5.41) is 0.181. The number of alkyl halides is 3.